The second-order valence-corrected chi connectivity index (χ2v) is 11.4. The van der Waals surface area contributed by atoms with E-state index in [1.165, 1.54) is 23.6 Å². The first-order chi connectivity index (χ1) is 21.3. The summed E-state index contributed by atoms with van der Waals surface area (Å²) < 4.78 is 11.0. The topological polar surface area (TPSA) is 122 Å². The number of rotatable bonds is 10. The summed E-state index contributed by atoms with van der Waals surface area (Å²) >= 11 is 7.46. The Balaban J connectivity index is 1.35. The molecule has 4 heterocycles. The van der Waals surface area contributed by atoms with Gasteiger partial charge in [0, 0.05) is 50.6 Å². The van der Waals surface area contributed by atoms with Gasteiger partial charge >= 0.3 is 0 Å². The number of piperazine rings is 1. The van der Waals surface area contributed by atoms with Crippen LogP contribution in [0.2, 0.25) is 5.02 Å². The normalized spacial score (nSPS) is 13.0. The Morgan fingerprint density at radius 1 is 1.11 bits per heavy atom. The van der Waals surface area contributed by atoms with Crippen LogP contribution in [0.4, 0.5) is 22.5 Å². The van der Waals surface area contributed by atoms with Gasteiger partial charge in [0.15, 0.2) is 16.7 Å². The van der Waals surface area contributed by atoms with Crippen LogP contribution in [0.5, 0.6) is 5.75 Å². The number of para-hydroxylation sites is 1. The number of anilines is 4. The summed E-state index contributed by atoms with van der Waals surface area (Å²) in [6.07, 6.45) is 4.62. The van der Waals surface area contributed by atoms with Gasteiger partial charge in [-0.25, -0.2) is 15.0 Å². The van der Waals surface area contributed by atoms with Crippen molar-refractivity contribution in [3.63, 3.8) is 0 Å². The maximum Gasteiger partial charge on any atom is 0.267 e. The summed E-state index contributed by atoms with van der Waals surface area (Å²) in [4.78, 5) is 43.2. The third-order valence-electron chi connectivity index (χ3n) is 7.10. The number of nitrogens with one attached hydrogen (secondary N) is 2. The van der Waals surface area contributed by atoms with E-state index in [0.717, 1.165) is 22.5 Å². The van der Waals surface area contributed by atoms with Gasteiger partial charge in [-0.1, -0.05) is 41.6 Å². The van der Waals surface area contributed by atoms with E-state index < -0.39 is 0 Å². The van der Waals surface area contributed by atoms with Gasteiger partial charge in [-0.15, -0.1) is 0 Å². The van der Waals surface area contributed by atoms with Gasteiger partial charge in [0.1, 0.15) is 10.7 Å². The van der Waals surface area contributed by atoms with E-state index in [9.17, 15) is 9.59 Å². The van der Waals surface area contributed by atoms with Gasteiger partial charge in [0.2, 0.25) is 5.91 Å². The minimum Gasteiger partial charge on any atom is -0.493 e. The monoisotopic (exact) mass is 633 g/mol. The SMILES string of the molecule is C=CC(=O)N1CCN(c2ncc(-c3ccc(OC)c(Nc4ncc(C(=O)Nc5c(C)cccc5Cl)s4)n3)cc2COC)CC1. The molecule has 0 radical (unpaired) electrons. The largest absolute Gasteiger partial charge is 0.493 e. The van der Waals surface area contributed by atoms with E-state index >= 15 is 0 Å². The van der Waals surface area contributed by atoms with Gasteiger partial charge in [-0.3, -0.25) is 9.59 Å². The van der Waals surface area contributed by atoms with Gasteiger partial charge < -0.3 is 29.9 Å². The van der Waals surface area contributed by atoms with Crippen LogP contribution in [-0.4, -0.2) is 72.1 Å². The van der Waals surface area contributed by atoms with Crippen LogP contribution >= 0.6 is 22.9 Å². The molecule has 0 bridgehead atoms. The molecule has 11 nitrogen and oxygen atoms in total. The van der Waals surface area contributed by atoms with Gasteiger partial charge in [0.25, 0.3) is 5.91 Å². The highest BCUT2D eigenvalue weighted by molar-refractivity contribution is 7.17. The van der Waals surface area contributed by atoms with E-state index in [1.54, 1.807) is 31.4 Å². The minimum absolute atomic E-state index is 0.0653. The summed E-state index contributed by atoms with van der Waals surface area (Å²) in [6.45, 7) is 8.32. The minimum atomic E-state index is -0.314. The lowest BCUT2D eigenvalue weighted by Gasteiger charge is -2.35. The fourth-order valence-corrected chi connectivity index (χ4v) is 5.80. The number of carbonyl (C=O) groups is 2. The molecule has 0 saturated carbocycles. The van der Waals surface area contributed by atoms with Crippen LogP contribution in [0.25, 0.3) is 11.3 Å². The Morgan fingerprint density at radius 3 is 2.61 bits per heavy atom. The van der Waals surface area contributed by atoms with Crippen LogP contribution in [0.15, 0.2) is 61.4 Å². The first kappa shape index (κ1) is 30.9. The lowest BCUT2D eigenvalue weighted by Crippen LogP contribution is -2.48. The van der Waals surface area contributed by atoms with Gasteiger partial charge in [-0.2, -0.15) is 0 Å². The smallest absolute Gasteiger partial charge is 0.267 e. The lowest BCUT2D eigenvalue weighted by molar-refractivity contribution is -0.126. The van der Waals surface area contributed by atoms with Crippen molar-refractivity contribution in [1.82, 2.24) is 19.9 Å². The summed E-state index contributed by atoms with van der Waals surface area (Å²) in [5.74, 6) is 1.38. The van der Waals surface area contributed by atoms with E-state index in [4.69, 9.17) is 31.0 Å². The zero-order chi connectivity index (χ0) is 31.2. The fourth-order valence-electron chi connectivity index (χ4n) is 4.82. The molecule has 0 spiro atoms. The molecule has 0 aliphatic carbocycles. The highest BCUT2D eigenvalue weighted by atomic mass is 35.5. The maximum absolute atomic E-state index is 12.9. The number of nitrogens with zero attached hydrogens (tertiary/aromatic N) is 5. The van der Waals surface area contributed by atoms with Crippen LogP contribution < -0.4 is 20.3 Å². The molecule has 0 atom stereocenters. The standard InChI is InChI=1S/C31H32ClN7O4S/c1-5-26(40)38-11-13-39(14-12-38)29-21(18-42-3)15-20(16-33-29)23-9-10-24(43-4)28(35-23)37-31-34-17-25(44-31)30(41)36-27-19(2)7-6-8-22(27)32/h5-10,15-17H,1,11-14,18H2,2-4H3,(H,36,41)(H,34,35,37). The molecule has 228 valence electrons. The Hall–Kier alpha value is -4.52. The Labute approximate surface area is 264 Å². The highest BCUT2D eigenvalue weighted by Gasteiger charge is 2.23. The number of hydrogen-bond acceptors (Lipinski definition) is 10. The predicted molar refractivity (Wildman–Crippen MR) is 173 cm³/mol. The molecule has 13 heteroatoms. The Bertz CT molecular complexity index is 1670. The van der Waals surface area contributed by atoms with Crippen molar-refractivity contribution in [2.45, 2.75) is 13.5 Å². The zero-order valence-electron chi connectivity index (χ0n) is 24.6. The van der Waals surface area contributed by atoms with Crippen molar-refractivity contribution in [1.29, 1.82) is 0 Å². The molecular formula is C31H32ClN7O4S. The average Bonchev–Trinajstić information content (AvgIpc) is 3.51. The third kappa shape index (κ3) is 6.83. The first-order valence-electron chi connectivity index (χ1n) is 13.8. The molecule has 4 aromatic rings. The second kappa shape index (κ2) is 13.8. The van der Waals surface area contributed by atoms with E-state index in [-0.39, 0.29) is 11.8 Å². The fraction of sp³-hybridized carbons (Fsp3) is 0.258. The molecule has 1 aromatic carbocycles. The molecule has 44 heavy (non-hydrogen) atoms. The second-order valence-electron chi connectivity index (χ2n) is 9.94. The molecule has 0 unspecified atom stereocenters. The quantitative estimate of drug-likeness (QED) is 0.217. The van der Waals surface area contributed by atoms with Gasteiger partial charge in [-0.05, 0) is 42.8 Å². The Morgan fingerprint density at radius 2 is 1.91 bits per heavy atom. The van der Waals surface area contributed by atoms with Crippen molar-refractivity contribution in [2.75, 3.05) is 55.9 Å². The van der Waals surface area contributed by atoms with Crippen molar-refractivity contribution < 1.29 is 19.1 Å². The van der Waals surface area contributed by atoms with E-state index in [2.05, 4.69) is 27.1 Å². The molecule has 2 amide bonds. The number of aromatic nitrogens is 3. The number of methoxy groups -OCH3 is 2. The van der Waals surface area contributed by atoms with Crippen LogP contribution in [0.3, 0.4) is 0 Å². The summed E-state index contributed by atoms with van der Waals surface area (Å²) in [7, 11) is 3.20. The summed E-state index contributed by atoms with van der Waals surface area (Å²) in [5, 5.41) is 6.99. The number of aryl methyl sites for hydroxylation is 1. The lowest BCUT2D eigenvalue weighted by atomic mass is 10.1. The number of benzene rings is 1. The first-order valence-corrected chi connectivity index (χ1v) is 15.0. The number of amides is 2. The molecule has 1 saturated heterocycles. The molecule has 2 N–H and O–H groups in total. The number of ether oxygens (including phenoxy) is 2. The van der Waals surface area contributed by atoms with Crippen LogP contribution in [-0.2, 0) is 16.1 Å². The molecule has 3 aromatic heterocycles. The Kier molecular flexibility index (Phi) is 9.73. The average molecular weight is 634 g/mol. The molecular weight excluding hydrogens is 602 g/mol. The maximum atomic E-state index is 12.9. The molecule has 1 aliphatic rings. The molecule has 1 aliphatic heterocycles. The number of carbonyl (C=O) groups excluding carboxylic acids is 2. The van der Waals surface area contributed by atoms with Crippen molar-refractivity contribution in [3.8, 4) is 17.0 Å². The van der Waals surface area contributed by atoms with E-state index in [1.807, 2.05) is 37.3 Å². The predicted octanol–water partition coefficient (Wildman–Crippen LogP) is 5.55. The number of hydrogen-bond donors (Lipinski definition) is 2. The molecule has 5 rings (SSSR count). The van der Waals surface area contributed by atoms with E-state index in [0.29, 0.717) is 70.8 Å². The number of thiazole rings is 1. The van der Waals surface area contributed by atoms with Crippen molar-refractivity contribution >= 4 is 57.2 Å². The summed E-state index contributed by atoms with van der Waals surface area (Å²) in [6, 6.07) is 11.1. The van der Waals surface area contributed by atoms with Crippen molar-refractivity contribution in [3.05, 3.63) is 82.5 Å². The summed E-state index contributed by atoms with van der Waals surface area (Å²) in [5.41, 5.74) is 3.79. The van der Waals surface area contributed by atoms with Crippen LogP contribution in [0.1, 0.15) is 20.8 Å². The molecule has 1 fully saturated rings. The number of pyridine rings is 2. The highest BCUT2D eigenvalue weighted by Crippen LogP contribution is 2.33. The van der Waals surface area contributed by atoms with Crippen LogP contribution in [0, 0.1) is 6.92 Å². The third-order valence-corrected chi connectivity index (χ3v) is 8.32. The zero-order valence-corrected chi connectivity index (χ0v) is 26.2. The van der Waals surface area contributed by atoms with Gasteiger partial charge in [0.05, 0.1) is 36.3 Å². The van der Waals surface area contributed by atoms with Crippen molar-refractivity contribution in [2.24, 2.45) is 0 Å². The number of halogens is 1.